The standard InChI is InChI=1S/C20H38N6O6S/c1-11(2)16(26-17(28)12(22)7-9-33-3)19(30)24-13(6-4-5-8-21)18(29)25-14(20(31)32)10-15(23)27/h11-14,16H,4-10,21-22H2,1-3H3,(H2,23,27)(H,24,30)(H,25,29)(H,26,28)(H,31,32). The zero-order valence-corrected chi connectivity index (χ0v) is 20.3. The van der Waals surface area contributed by atoms with Gasteiger partial charge < -0.3 is 38.3 Å². The van der Waals surface area contributed by atoms with Gasteiger partial charge in [0.1, 0.15) is 18.1 Å². The molecule has 0 aliphatic carbocycles. The monoisotopic (exact) mass is 490 g/mol. The molecule has 0 saturated carbocycles. The van der Waals surface area contributed by atoms with Crippen LogP contribution in [0.15, 0.2) is 0 Å². The fraction of sp³-hybridized carbons (Fsp3) is 0.750. The van der Waals surface area contributed by atoms with Gasteiger partial charge in [-0.1, -0.05) is 13.8 Å². The van der Waals surface area contributed by atoms with E-state index in [9.17, 15) is 29.1 Å². The zero-order chi connectivity index (χ0) is 25.6. The number of hydrogen-bond donors (Lipinski definition) is 7. The van der Waals surface area contributed by atoms with Gasteiger partial charge in [0.15, 0.2) is 0 Å². The first kappa shape index (κ1) is 30.6. The average Bonchev–Trinajstić information content (AvgIpc) is 2.73. The van der Waals surface area contributed by atoms with Crippen LogP contribution in [0.2, 0.25) is 0 Å². The first-order valence-corrected chi connectivity index (χ1v) is 12.2. The minimum Gasteiger partial charge on any atom is -0.480 e. The third kappa shape index (κ3) is 12.4. The van der Waals surface area contributed by atoms with E-state index in [1.54, 1.807) is 25.6 Å². The highest BCUT2D eigenvalue weighted by Gasteiger charge is 2.31. The maximum Gasteiger partial charge on any atom is 0.326 e. The molecule has 0 aromatic rings. The maximum absolute atomic E-state index is 12.9. The molecule has 10 N–H and O–H groups in total. The third-order valence-electron chi connectivity index (χ3n) is 4.82. The predicted molar refractivity (Wildman–Crippen MR) is 126 cm³/mol. The Morgan fingerprint density at radius 3 is 2.00 bits per heavy atom. The lowest BCUT2D eigenvalue weighted by Gasteiger charge is -2.27. The number of thioether (sulfide) groups is 1. The Hall–Kier alpha value is -2.38. The molecule has 0 aromatic heterocycles. The molecule has 0 heterocycles. The summed E-state index contributed by atoms with van der Waals surface area (Å²) >= 11 is 1.55. The van der Waals surface area contributed by atoms with Crippen LogP contribution in [0.3, 0.4) is 0 Å². The molecule has 12 nitrogen and oxygen atoms in total. The summed E-state index contributed by atoms with van der Waals surface area (Å²) in [7, 11) is 0. The summed E-state index contributed by atoms with van der Waals surface area (Å²) in [4.78, 5) is 60.5. The number of rotatable bonds is 17. The number of aliphatic carboxylic acids is 1. The minimum absolute atomic E-state index is 0.184. The Labute approximate surface area is 198 Å². The number of carbonyl (C=O) groups excluding carboxylic acids is 4. The number of hydrogen-bond acceptors (Lipinski definition) is 8. The maximum atomic E-state index is 12.9. The lowest BCUT2D eigenvalue weighted by Crippen LogP contribution is -2.58. The van der Waals surface area contributed by atoms with Gasteiger partial charge in [-0.3, -0.25) is 19.2 Å². The molecule has 0 aliphatic heterocycles. The van der Waals surface area contributed by atoms with E-state index in [4.69, 9.17) is 17.2 Å². The fourth-order valence-corrected chi connectivity index (χ4v) is 3.36. The van der Waals surface area contributed by atoms with Crippen molar-refractivity contribution in [3.05, 3.63) is 0 Å². The lowest BCUT2D eigenvalue weighted by molar-refractivity contribution is -0.143. The van der Waals surface area contributed by atoms with Gasteiger partial charge in [0, 0.05) is 0 Å². The van der Waals surface area contributed by atoms with E-state index in [1.165, 1.54) is 0 Å². The molecule has 4 unspecified atom stereocenters. The van der Waals surface area contributed by atoms with E-state index in [1.807, 2.05) is 6.26 Å². The SMILES string of the molecule is CSCCC(N)C(=O)NC(C(=O)NC(CCCCN)C(=O)NC(CC(N)=O)C(=O)O)C(C)C. The van der Waals surface area contributed by atoms with E-state index in [-0.39, 0.29) is 12.3 Å². The Morgan fingerprint density at radius 2 is 1.52 bits per heavy atom. The van der Waals surface area contributed by atoms with Gasteiger partial charge in [-0.2, -0.15) is 11.8 Å². The van der Waals surface area contributed by atoms with E-state index in [0.29, 0.717) is 31.6 Å². The molecular formula is C20H38N6O6S. The molecule has 33 heavy (non-hydrogen) atoms. The van der Waals surface area contributed by atoms with Crippen LogP contribution in [-0.4, -0.2) is 77.4 Å². The van der Waals surface area contributed by atoms with E-state index in [2.05, 4.69) is 16.0 Å². The summed E-state index contributed by atoms with van der Waals surface area (Å²) in [5.74, 6) is -3.81. The number of carboxylic acids is 1. The molecule has 4 amide bonds. The smallest absolute Gasteiger partial charge is 0.326 e. The van der Waals surface area contributed by atoms with Gasteiger partial charge in [-0.15, -0.1) is 0 Å². The number of primary amides is 1. The summed E-state index contributed by atoms with van der Waals surface area (Å²) in [6.07, 6.45) is 2.99. The van der Waals surface area contributed by atoms with Crippen LogP contribution in [0.1, 0.15) is 46.0 Å². The van der Waals surface area contributed by atoms with Gasteiger partial charge in [-0.05, 0) is 50.2 Å². The normalized spacial score (nSPS) is 14.6. The van der Waals surface area contributed by atoms with Crippen LogP contribution in [0.25, 0.3) is 0 Å². The summed E-state index contributed by atoms with van der Waals surface area (Å²) in [6.45, 7) is 3.84. The summed E-state index contributed by atoms with van der Waals surface area (Å²) in [5.41, 5.74) is 16.4. The third-order valence-corrected chi connectivity index (χ3v) is 5.46. The molecule has 0 fully saturated rings. The Bertz CT molecular complexity index is 677. The fourth-order valence-electron chi connectivity index (χ4n) is 2.87. The number of amides is 4. The lowest BCUT2D eigenvalue weighted by atomic mass is 10.0. The Kier molecular flexibility index (Phi) is 15.1. The molecule has 0 radical (unpaired) electrons. The van der Waals surface area contributed by atoms with E-state index >= 15 is 0 Å². The second kappa shape index (κ2) is 16.3. The van der Waals surface area contributed by atoms with Crippen LogP contribution in [0.5, 0.6) is 0 Å². The van der Waals surface area contributed by atoms with Crippen LogP contribution in [0.4, 0.5) is 0 Å². The zero-order valence-electron chi connectivity index (χ0n) is 19.5. The number of carbonyl (C=O) groups is 5. The van der Waals surface area contributed by atoms with Crippen molar-refractivity contribution >= 4 is 41.4 Å². The topological polar surface area (TPSA) is 220 Å². The first-order valence-electron chi connectivity index (χ1n) is 10.8. The second-order valence-electron chi connectivity index (χ2n) is 8.03. The van der Waals surface area contributed by atoms with Gasteiger partial charge >= 0.3 is 5.97 Å². The van der Waals surface area contributed by atoms with Gasteiger partial charge in [-0.25, -0.2) is 4.79 Å². The Balaban J connectivity index is 5.41. The second-order valence-corrected chi connectivity index (χ2v) is 9.02. The summed E-state index contributed by atoms with van der Waals surface area (Å²) in [6, 6.07) is -4.36. The number of nitrogens with two attached hydrogens (primary N) is 3. The first-order chi connectivity index (χ1) is 15.4. The average molecular weight is 491 g/mol. The molecule has 0 aliphatic rings. The van der Waals surface area contributed by atoms with Gasteiger partial charge in [0.2, 0.25) is 23.6 Å². The number of carboxylic acid groups (broad SMARTS) is 1. The summed E-state index contributed by atoms with van der Waals surface area (Å²) < 4.78 is 0. The van der Waals surface area contributed by atoms with Gasteiger partial charge in [0.25, 0.3) is 0 Å². The summed E-state index contributed by atoms with van der Waals surface area (Å²) in [5, 5.41) is 16.7. The number of unbranched alkanes of at least 4 members (excludes halogenated alkanes) is 1. The van der Waals surface area contributed by atoms with Crippen LogP contribution in [-0.2, 0) is 24.0 Å². The van der Waals surface area contributed by atoms with Crippen molar-refractivity contribution in [1.82, 2.24) is 16.0 Å². The molecule has 4 atom stereocenters. The van der Waals surface area contributed by atoms with Crippen molar-refractivity contribution in [2.45, 2.75) is 70.1 Å². The quantitative estimate of drug-likeness (QED) is 0.115. The molecule has 0 aromatic carbocycles. The van der Waals surface area contributed by atoms with Crippen LogP contribution < -0.4 is 33.2 Å². The predicted octanol–water partition coefficient (Wildman–Crippen LogP) is -1.73. The highest BCUT2D eigenvalue weighted by Crippen LogP contribution is 2.08. The Morgan fingerprint density at radius 1 is 0.909 bits per heavy atom. The van der Waals surface area contributed by atoms with Crippen molar-refractivity contribution in [1.29, 1.82) is 0 Å². The molecule has 0 saturated heterocycles. The van der Waals surface area contributed by atoms with Crippen molar-refractivity contribution in [2.24, 2.45) is 23.1 Å². The van der Waals surface area contributed by atoms with Crippen LogP contribution >= 0.6 is 11.8 Å². The highest BCUT2D eigenvalue weighted by atomic mass is 32.2. The highest BCUT2D eigenvalue weighted by molar-refractivity contribution is 7.98. The van der Waals surface area contributed by atoms with Crippen molar-refractivity contribution < 1.29 is 29.1 Å². The minimum atomic E-state index is -1.53. The molecule has 190 valence electrons. The molecule has 0 rings (SSSR count). The molecule has 13 heteroatoms. The van der Waals surface area contributed by atoms with Crippen molar-refractivity contribution in [2.75, 3.05) is 18.6 Å². The van der Waals surface area contributed by atoms with E-state index < -0.39 is 60.2 Å². The van der Waals surface area contributed by atoms with E-state index in [0.717, 1.165) is 0 Å². The molecule has 0 bridgehead atoms. The van der Waals surface area contributed by atoms with Crippen molar-refractivity contribution in [3.63, 3.8) is 0 Å². The largest absolute Gasteiger partial charge is 0.480 e. The number of nitrogens with one attached hydrogen (secondary N) is 3. The molecule has 0 spiro atoms. The van der Waals surface area contributed by atoms with Gasteiger partial charge in [0.05, 0.1) is 12.5 Å². The van der Waals surface area contributed by atoms with Crippen LogP contribution in [0, 0.1) is 5.92 Å². The van der Waals surface area contributed by atoms with Crippen molar-refractivity contribution in [3.8, 4) is 0 Å². The molecular weight excluding hydrogens is 452 g/mol.